The Hall–Kier alpha value is -4.07. The van der Waals surface area contributed by atoms with Crippen molar-refractivity contribution in [3.63, 3.8) is 0 Å². The van der Waals surface area contributed by atoms with Crippen LogP contribution in [-0.2, 0) is 4.79 Å². The number of ether oxygens (including phenoxy) is 1. The Balaban J connectivity index is 1.07. The summed E-state index contributed by atoms with van der Waals surface area (Å²) in [6, 6.07) is 18.9. The molecule has 3 N–H and O–H groups in total. The number of carbonyl (C=O) groups excluding carboxylic acids is 2. The van der Waals surface area contributed by atoms with E-state index in [0.29, 0.717) is 17.5 Å². The molecule has 198 valence electrons. The maximum Gasteiger partial charge on any atom is 0.323 e. The summed E-state index contributed by atoms with van der Waals surface area (Å²) in [5.74, 6) is 0.619. The largest absolute Gasteiger partial charge is 0.490 e. The molecule has 3 amide bonds. The number of hydrogen-bond donors (Lipinski definition) is 3. The minimum Gasteiger partial charge on any atom is -0.490 e. The summed E-state index contributed by atoms with van der Waals surface area (Å²) in [5, 5.41) is 8.93. The van der Waals surface area contributed by atoms with Gasteiger partial charge in [0, 0.05) is 48.6 Å². The molecule has 2 fully saturated rings. The molecule has 8 nitrogen and oxygen atoms in total. The number of nitrogens with zero attached hydrogens (tertiary/aromatic N) is 2. The normalized spacial score (nSPS) is 18.1. The van der Waals surface area contributed by atoms with Gasteiger partial charge in [-0.3, -0.25) is 9.78 Å². The molecule has 8 heteroatoms. The summed E-state index contributed by atoms with van der Waals surface area (Å²) in [5.41, 5.74) is 3.39. The first-order valence-corrected chi connectivity index (χ1v) is 13.4. The summed E-state index contributed by atoms with van der Waals surface area (Å²) in [6.45, 7) is 3.51. The first-order valence-electron chi connectivity index (χ1n) is 13.4. The topological polar surface area (TPSA) is 95.6 Å². The standard InChI is InChI=1S/C30H35N5O3/c1-21(22-5-4-17-31-19-22)29(36)32-25-16-18-35(20-25)26-12-8-23(9-13-26)33-30(37)34-24-10-14-28(15-11-24)38-27-6-2-3-7-27/h4-5,8-15,17,19,21,25,27H,2-3,6-7,16,18,20H2,1H3,(H,32,36)(H2,33,34,37). The highest BCUT2D eigenvalue weighted by molar-refractivity contribution is 5.99. The number of rotatable bonds is 8. The van der Waals surface area contributed by atoms with E-state index in [0.717, 1.165) is 49.4 Å². The number of nitrogens with one attached hydrogen (secondary N) is 3. The van der Waals surface area contributed by atoms with E-state index < -0.39 is 0 Å². The molecule has 38 heavy (non-hydrogen) atoms. The van der Waals surface area contributed by atoms with Crippen molar-refractivity contribution < 1.29 is 14.3 Å². The maximum absolute atomic E-state index is 12.7. The minimum absolute atomic E-state index is 0.0198. The lowest BCUT2D eigenvalue weighted by atomic mass is 10.0. The summed E-state index contributed by atoms with van der Waals surface area (Å²) in [4.78, 5) is 31.5. The summed E-state index contributed by atoms with van der Waals surface area (Å²) >= 11 is 0. The number of amides is 3. The van der Waals surface area contributed by atoms with E-state index in [2.05, 4.69) is 25.8 Å². The zero-order chi connectivity index (χ0) is 26.3. The van der Waals surface area contributed by atoms with Gasteiger partial charge >= 0.3 is 6.03 Å². The Kier molecular flexibility index (Phi) is 8.06. The van der Waals surface area contributed by atoms with Gasteiger partial charge in [-0.1, -0.05) is 6.07 Å². The number of anilines is 3. The Labute approximate surface area is 223 Å². The molecule has 2 unspecified atom stereocenters. The quantitative estimate of drug-likeness (QED) is 0.367. The fraction of sp³-hybridized carbons (Fsp3) is 0.367. The van der Waals surface area contributed by atoms with Gasteiger partial charge in [0.05, 0.1) is 12.0 Å². The zero-order valence-electron chi connectivity index (χ0n) is 21.7. The molecule has 2 aliphatic rings. The van der Waals surface area contributed by atoms with Crippen molar-refractivity contribution in [3.05, 3.63) is 78.6 Å². The Morgan fingerprint density at radius 2 is 1.63 bits per heavy atom. The van der Waals surface area contributed by atoms with E-state index in [-0.39, 0.29) is 23.9 Å². The summed E-state index contributed by atoms with van der Waals surface area (Å²) in [6.07, 6.45) is 9.34. The molecule has 1 aromatic heterocycles. The van der Waals surface area contributed by atoms with Gasteiger partial charge in [-0.15, -0.1) is 0 Å². The lowest BCUT2D eigenvalue weighted by molar-refractivity contribution is -0.122. The van der Waals surface area contributed by atoms with E-state index in [1.54, 1.807) is 12.4 Å². The average Bonchev–Trinajstić information content (AvgIpc) is 3.63. The van der Waals surface area contributed by atoms with E-state index in [4.69, 9.17) is 4.74 Å². The average molecular weight is 514 g/mol. The molecule has 3 aromatic rings. The van der Waals surface area contributed by atoms with Gasteiger partial charge in [0.2, 0.25) is 5.91 Å². The molecule has 0 radical (unpaired) electrons. The molecule has 2 heterocycles. The van der Waals surface area contributed by atoms with Gasteiger partial charge in [0.25, 0.3) is 0 Å². The third-order valence-electron chi connectivity index (χ3n) is 7.32. The van der Waals surface area contributed by atoms with Gasteiger partial charge < -0.3 is 25.6 Å². The highest BCUT2D eigenvalue weighted by Gasteiger charge is 2.26. The second-order valence-corrected chi connectivity index (χ2v) is 10.1. The highest BCUT2D eigenvalue weighted by atomic mass is 16.5. The molecular formula is C30H35N5O3. The SMILES string of the molecule is CC(C(=O)NC1CCN(c2ccc(NC(=O)Nc3ccc(OC4CCCC4)cc3)cc2)C1)c1cccnc1. The second-order valence-electron chi connectivity index (χ2n) is 10.1. The first-order chi connectivity index (χ1) is 18.5. The molecule has 0 spiro atoms. The fourth-order valence-electron chi connectivity index (χ4n) is 5.09. The molecule has 0 bridgehead atoms. The van der Waals surface area contributed by atoms with Crippen LogP contribution in [0.5, 0.6) is 5.75 Å². The Morgan fingerprint density at radius 1 is 0.947 bits per heavy atom. The summed E-state index contributed by atoms with van der Waals surface area (Å²) < 4.78 is 5.98. The van der Waals surface area contributed by atoms with Crippen LogP contribution in [0.1, 0.15) is 50.5 Å². The molecule has 1 aliphatic carbocycles. The Bertz CT molecular complexity index is 1210. The van der Waals surface area contributed by atoms with Crippen LogP contribution in [-0.4, -0.2) is 42.2 Å². The molecule has 1 saturated heterocycles. The molecule has 1 aliphatic heterocycles. The number of carbonyl (C=O) groups is 2. The predicted octanol–water partition coefficient (Wildman–Crippen LogP) is 5.55. The van der Waals surface area contributed by atoms with Gasteiger partial charge in [0.1, 0.15) is 5.75 Å². The lowest BCUT2D eigenvalue weighted by Crippen LogP contribution is -2.39. The van der Waals surface area contributed by atoms with Crippen LogP contribution in [0.25, 0.3) is 0 Å². The van der Waals surface area contributed by atoms with Crippen LogP contribution in [0.15, 0.2) is 73.1 Å². The molecule has 2 atom stereocenters. The van der Waals surface area contributed by atoms with Crippen LogP contribution >= 0.6 is 0 Å². The first kappa shape index (κ1) is 25.6. The smallest absolute Gasteiger partial charge is 0.323 e. The van der Waals surface area contributed by atoms with Crippen molar-refractivity contribution in [3.8, 4) is 5.75 Å². The van der Waals surface area contributed by atoms with Crippen LogP contribution in [0.3, 0.4) is 0 Å². The van der Waals surface area contributed by atoms with Crippen molar-refractivity contribution in [2.24, 2.45) is 0 Å². The van der Waals surface area contributed by atoms with Crippen molar-refractivity contribution in [1.82, 2.24) is 10.3 Å². The second kappa shape index (κ2) is 12.0. The van der Waals surface area contributed by atoms with Gasteiger partial charge in [0.15, 0.2) is 0 Å². The fourth-order valence-corrected chi connectivity index (χ4v) is 5.09. The van der Waals surface area contributed by atoms with Crippen LogP contribution in [0.4, 0.5) is 21.9 Å². The molecule has 5 rings (SSSR count). The number of urea groups is 1. The number of aromatic nitrogens is 1. The number of benzene rings is 2. The van der Waals surface area contributed by atoms with Crippen molar-refractivity contribution in [2.75, 3.05) is 28.6 Å². The van der Waals surface area contributed by atoms with Gasteiger partial charge in [-0.25, -0.2) is 4.79 Å². The zero-order valence-corrected chi connectivity index (χ0v) is 21.7. The lowest BCUT2D eigenvalue weighted by Gasteiger charge is -2.20. The predicted molar refractivity (Wildman–Crippen MR) is 150 cm³/mol. The Morgan fingerprint density at radius 3 is 2.29 bits per heavy atom. The molecule has 1 saturated carbocycles. The van der Waals surface area contributed by atoms with E-state index in [1.807, 2.05) is 67.6 Å². The summed E-state index contributed by atoms with van der Waals surface area (Å²) in [7, 11) is 0. The molecular weight excluding hydrogens is 478 g/mol. The monoisotopic (exact) mass is 513 g/mol. The van der Waals surface area contributed by atoms with Crippen molar-refractivity contribution >= 4 is 29.0 Å². The third-order valence-corrected chi connectivity index (χ3v) is 7.32. The van der Waals surface area contributed by atoms with Gasteiger partial charge in [-0.05, 0) is 99.2 Å². The van der Waals surface area contributed by atoms with E-state index in [9.17, 15) is 9.59 Å². The van der Waals surface area contributed by atoms with Crippen molar-refractivity contribution in [2.45, 2.75) is 57.1 Å². The van der Waals surface area contributed by atoms with Crippen LogP contribution in [0.2, 0.25) is 0 Å². The van der Waals surface area contributed by atoms with Crippen molar-refractivity contribution in [1.29, 1.82) is 0 Å². The third kappa shape index (κ3) is 6.62. The van der Waals surface area contributed by atoms with Crippen LogP contribution in [0, 0.1) is 0 Å². The van der Waals surface area contributed by atoms with E-state index in [1.165, 1.54) is 12.8 Å². The minimum atomic E-state index is -0.297. The number of hydrogen-bond acceptors (Lipinski definition) is 5. The maximum atomic E-state index is 12.7. The number of pyridine rings is 1. The van der Waals surface area contributed by atoms with E-state index >= 15 is 0 Å². The highest BCUT2D eigenvalue weighted by Crippen LogP contribution is 2.26. The van der Waals surface area contributed by atoms with Gasteiger partial charge in [-0.2, -0.15) is 0 Å². The van der Waals surface area contributed by atoms with Crippen LogP contribution < -0.4 is 25.6 Å². The molecule has 2 aromatic carbocycles.